The smallest absolute Gasteiger partial charge is 0.405 e. The van der Waals surface area contributed by atoms with Gasteiger partial charge in [0.05, 0.1) is 19.3 Å². The molecule has 1 amide bonds. The molecule has 0 spiro atoms. The zero-order valence-electron chi connectivity index (χ0n) is 17.5. The Bertz CT molecular complexity index is 868. The Morgan fingerprint density at radius 1 is 1.16 bits per heavy atom. The van der Waals surface area contributed by atoms with Crippen molar-refractivity contribution in [1.29, 1.82) is 0 Å². The van der Waals surface area contributed by atoms with Gasteiger partial charge in [0.15, 0.2) is 0 Å². The number of anilines is 2. The maximum atomic E-state index is 12.7. The van der Waals surface area contributed by atoms with Gasteiger partial charge in [-0.05, 0) is 44.3 Å². The van der Waals surface area contributed by atoms with Gasteiger partial charge in [-0.1, -0.05) is 18.2 Å². The Kier molecular flexibility index (Phi) is 7.40. The molecule has 0 radical (unpaired) electrons. The van der Waals surface area contributed by atoms with Crippen molar-refractivity contribution in [2.24, 2.45) is 0 Å². The first-order chi connectivity index (χ1) is 14.7. The molecular formula is C22H26F3N3O3. The van der Waals surface area contributed by atoms with Gasteiger partial charge in [-0.2, -0.15) is 0 Å². The third kappa shape index (κ3) is 6.60. The molecule has 1 aliphatic rings. The number of ether oxygens (including phenoxy) is 2. The number of para-hydroxylation sites is 1. The Balaban J connectivity index is 1.58. The summed E-state index contributed by atoms with van der Waals surface area (Å²) < 4.78 is 47.3. The topological polar surface area (TPSA) is 54.0 Å². The number of alkyl halides is 3. The first-order valence-electron chi connectivity index (χ1n) is 10.0. The van der Waals surface area contributed by atoms with Crippen LogP contribution in [0, 0.1) is 0 Å². The van der Waals surface area contributed by atoms with Gasteiger partial charge in [0.25, 0.3) is 0 Å². The molecule has 9 heteroatoms. The minimum atomic E-state index is -4.77. The molecule has 31 heavy (non-hydrogen) atoms. The standard InChI is InChI=1S/C22H26F3N3O3/c1-16(27(2)15-17-5-3-4-6-20(17)31-22(23,24)25)21(29)26-18-7-9-19(10-8-18)28-11-13-30-14-12-28/h3-10,16H,11-15H2,1-2H3,(H,26,29). The highest BCUT2D eigenvalue weighted by atomic mass is 19.4. The van der Waals surface area contributed by atoms with E-state index < -0.39 is 12.4 Å². The molecule has 1 atom stereocenters. The number of amides is 1. The van der Waals surface area contributed by atoms with E-state index in [1.54, 1.807) is 31.0 Å². The number of carbonyl (C=O) groups is 1. The number of rotatable bonds is 7. The van der Waals surface area contributed by atoms with E-state index in [-0.39, 0.29) is 18.2 Å². The van der Waals surface area contributed by atoms with E-state index in [1.165, 1.54) is 12.1 Å². The summed E-state index contributed by atoms with van der Waals surface area (Å²) in [4.78, 5) is 16.5. The first kappa shape index (κ1) is 22.9. The van der Waals surface area contributed by atoms with E-state index in [9.17, 15) is 18.0 Å². The van der Waals surface area contributed by atoms with Crippen molar-refractivity contribution in [3.05, 3.63) is 54.1 Å². The van der Waals surface area contributed by atoms with Crippen LogP contribution in [-0.4, -0.2) is 56.6 Å². The average Bonchev–Trinajstić information content (AvgIpc) is 2.74. The van der Waals surface area contributed by atoms with E-state index in [2.05, 4.69) is 15.0 Å². The Labute approximate surface area is 179 Å². The van der Waals surface area contributed by atoms with Crippen LogP contribution in [0.15, 0.2) is 48.5 Å². The van der Waals surface area contributed by atoms with Gasteiger partial charge in [-0.3, -0.25) is 9.69 Å². The molecule has 1 saturated heterocycles. The normalized spacial score (nSPS) is 15.6. The number of likely N-dealkylation sites (N-methyl/N-ethyl adjacent to an activating group) is 1. The molecule has 1 N–H and O–H groups in total. The number of halogens is 3. The van der Waals surface area contributed by atoms with Crippen molar-refractivity contribution < 1.29 is 27.4 Å². The molecule has 2 aromatic rings. The SMILES string of the molecule is CC(C(=O)Nc1ccc(N2CCOCC2)cc1)N(C)Cc1ccccc1OC(F)(F)F. The van der Waals surface area contributed by atoms with Crippen molar-refractivity contribution in [3.8, 4) is 5.75 Å². The van der Waals surface area contributed by atoms with Crippen molar-refractivity contribution in [3.63, 3.8) is 0 Å². The summed E-state index contributed by atoms with van der Waals surface area (Å²) in [7, 11) is 1.68. The maximum Gasteiger partial charge on any atom is 0.573 e. The molecule has 0 aromatic heterocycles. The minimum absolute atomic E-state index is 0.122. The zero-order valence-corrected chi connectivity index (χ0v) is 17.5. The lowest BCUT2D eigenvalue weighted by Crippen LogP contribution is -2.39. The molecule has 0 bridgehead atoms. The van der Waals surface area contributed by atoms with Crippen LogP contribution in [0.1, 0.15) is 12.5 Å². The molecule has 168 valence electrons. The fourth-order valence-corrected chi connectivity index (χ4v) is 3.29. The molecule has 1 unspecified atom stereocenters. The number of benzene rings is 2. The van der Waals surface area contributed by atoms with Gasteiger partial charge in [-0.25, -0.2) is 0 Å². The highest BCUT2D eigenvalue weighted by molar-refractivity contribution is 5.94. The molecule has 1 heterocycles. The van der Waals surface area contributed by atoms with E-state index in [1.807, 2.05) is 24.3 Å². The molecule has 1 fully saturated rings. The number of hydrogen-bond acceptors (Lipinski definition) is 5. The van der Waals surface area contributed by atoms with Gasteiger partial charge in [0, 0.05) is 36.6 Å². The van der Waals surface area contributed by atoms with Crippen LogP contribution >= 0.6 is 0 Å². The van der Waals surface area contributed by atoms with Crippen molar-refractivity contribution in [1.82, 2.24) is 4.90 Å². The molecule has 0 aliphatic carbocycles. The van der Waals surface area contributed by atoms with Gasteiger partial charge in [-0.15, -0.1) is 13.2 Å². The van der Waals surface area contributed by atoms with Crippen LogP contribution in [0.4, 0.5) is 24.5 Å². The predicted octanol–water partition coefficient (Wildman–Crippen LogP) is 3.88. The van der Waals surface area contributed by atoms with Crippen LogP contribution in [0.5, 0.6) is 5.75 Å². The summed E-state index contributed by atoms with van der Waals surface area (Å²) in [5.41, 5.74) is 2.06. The number of hydrogen-bond donors (Lipinski definition) is 1. The number of nitrogens with one attached hydrogen (secondary N) is 1. The highest BCUT2D eigenvalue weighted by Gasteiger charge is 2.32. The van der Waals surface area contributed by atoms with Crippen LogP contribution in [0.25, 0.3) is 0 Å². The van der Waals surface area contributed by atoms with E-state index in [0.29, 0.717) is 24.5 Å². The van der Waals surface area contributed by atoms with Gasteiger partial charge in [0.1, 0.15) is 5.75 Å². The quantitative estimate of drug-likeness (QED) is 0.713. The number of nitrogens with zero attached hydrogens (tertiary/aromatic N) is 2. The van der Waals surface area contributed by atoms with Crippen molar-refractivity contribution in [2.45, 2.75) is 25.9 Å². The second-order valence-electron chi connectivity index (χ2n) is 7.38. The molecule has 2 aromatic carbocycles. The number of morpholine rings is 1. The first-order valence-corrected chi connectivity index (χ1v) is 10.0. The molecule has 1 aliphatic heterocycles. The van der Waals surface area contributed by atoms with Gasteiger partial charge >= 0.3 is 6.36 Å². The van der Waals surface area contributed by atoms with Gasteiger partial charge < -0.3 is 19.7 Å². The minimum Gasteiger partial charge on any atom is -0.405 e. The summed E-state index contributed by atoms with van der Waals surface area (Å²) in [6.45, 7) is 4.86. The van der Waals surface area contributed by atoms with Gasteiger partial charge in [0.2, 0.25) is 5.91 Å². The lowest BCUT2D eigenvalue weighted by molar-refractivity contribution is -0.275. The molecule has 0 saturated carbocycles. The molecule has 6 nitrogen and oxygen atoms in total. The van der Waals surface area contributed by atoms with Crippen molar-refractivity contribution in [2.75, 3.05) is 43.6 Å². The summed E-state index contributed by atoms with van der Waals surface area (Å²) >= 11 is 0. The second-order valence-corrected chi connectivity index (χ2v) is 7.38. The molecule has 3 rings (SSSR count). The Morgan fingerprint density at radius 3 is 2.45 bits per heavy atom. The fraction of sp³-hybridized carbons (Fsp3) is 0.409. The van der Waals surface area contributed by atoms with Crippen LogP contribution in [-0.2, 0) is 16.1 Å². The molecular weight excluding hydrogens is 411 g/mol. The largest absolute Gasteiger partial charge is 0.573 e. The fourth-order valence-electron chi connectivity index (χ4n) is 3.29. The van der Waals surface area contributed by atoms with E-state index >= 15 is 0 Å². The van der Waals surface area contributed by atoms with E-state index in [4.69, 9.17) is 4.74 Å². The van der Waals surface area contributed by atoms with Crippen LogP contribution in [0.2, 0.25) is 0 Å². The van der Waals surface area contributed by atoms with Crippen LogP contribution in [0.3, 0.4) is 0 Å². The monoisotopic (exact) mass is 437 g/mol. The van der Waals surface area contributed by atoms with Crippen LogP contribution < -0.4 is 15.0 Å². The Morgan fingerprint density at radius 2 is 1.81 bits per heavy atom. The highest BCUT2D eigenvalue weighted by Crippen LogP contribution is 2.27. The number of carbonyl (C=O) groups excluding carboxylic acids is 1. The summed E-state index contributed by atoms with van der Waals surface area (Å²) in [6, 6.07) is 12.9. The summed E-state index contributed by atoms with van der Waals surface area (Å²) in [6.07, 6.45) is -4.77. The third-order valence-electron chi connectivity index (χ3n) is 5.17. The lowest BCUT2D eigenvalue weighted by atomic mass is 10.1. The summed E-state index contributed by atoms with van der Waals surface area (Å²) in [5.74, 6) is -0.524. The predicted molar refractivity (Wildman–Crippen MR) is 112 cm³/mol. The second kappa shape index (κ2) is 10.0. The zero-order chi connectivity index (χ0) is 22.4. The maximum absolute atomic E-state index is 12.7. The Hall–Kier alpha value is -2.78. The summed E-state index contributed by atoms with van der Waals surface area (Å²) in [5, 5.41) is 2.86. The lowest BCUT2D eigenvalue weighted by Gasteiger charge is -2.29. The average molecular weight is 437 g/mol. The van der Waals surface area contributed by atoms with Crippen molar-refractivity contribution >= 4 is 17.3 Å². The van der Waals surface area contributed by atoms with E-state index in [0.717, 1.165) is 18.8 Å². The third-order valence-corrected chi connectivity index (χ3v) is 5.17.